The van der Waals surface area contributed by atoms with Crippen LogP contribution in [-0.4, -0.2) is 46.3 Å². The van der Waals surface area contributed by atoms with Gasteiger partial charge < -0.3 is 10.2 Å². The first-order chi connectivity index (χ1) is 12.7. The first-order valence-corrected chi connectivity index (χ1v) is 9.59. The summed E-state index contributed by atoms with van der Waals surface area (Å²) in [7, 11) is 1.72. The van der Waals surface area contributed by atoms with Crippen LogP contribution in [-0.2, 0) is 6.54 Å². The van der Waals surface area contributed by atoms with Gasteiger partial charge in [0.05, 0.1) is 6.54 Å². The van der Waals surface area contributed by atoms with Crippen LogP contribution in [0.3, 0.4) is 0 Å². The molecule has 0 spiro atoms. The molecule has 1 N–H and O–H groups in total. The summed E-state index contributed by atoms with van der Waals surface area (Å²) < 4.78 is 26.7. The minimum atomic E-state index is -2.58. The molecule has 9 heteroatoms. The van der Waals surface area contributed by atoms with Crippen LogP contribution in [0, 0.1) is 5.92 Å². The van der Waals surface area contributed by atoms with Crippen LogP contribution in [0.25, 0.3) is 0 Å². The molecule has 1 aromatic heterocycles. The highest BCUT2D eigenvalue weighted by atomic mass is 127. The predicted octanol–water partition coefficient (Wildman–Crippen LogP) is 4.09. The Kier molecular flexibility index (Phi) is 8.81. The van der Waals surface area contributed by atoms with E-state index in [2.05, 4.69) is 44.5 Å². The van der Waals surface area contributed by atoms with Gasteiger partial charge in [0.15, 0.2) is 5.96 Å². The number of hydrogen-bond acceptors (Lipinski definition) is 3. The lowest BCUT2D eigenvalue weighted by atomic mass is 10.2. The molecule has 1 aromatic carbocycles. The number of rotatable bonds is 6. The van der Waals surface area contributed by atoms with E-state index < -0.39 is 6.55 Å². The van der Waals surface area contributed by atoms with Crippen LogP contribution in [0.5, 0.6) is 0 Å². The molecular weight excluding hydrogens is 483 g/mol. The van der Waals surface area contributed by atoms with Crippen molar-refractivity contribution in [1.82, 2.24) is 19.8 Å². The topological polar surface area (TPSA) is 45.5 Å². The standard InChI is InChI=1S/C18H23F2N5S.HI/c1-21-18(23-11-16-22-8-10-25(16)17(19)20)24-9-7-14(12-24)13-26-15-5-3-2-4-6-15;/h2-6,8,10,14,17H,7,9,11-13H2,1H3,(H,21,23);1H. The molecule has 1 aliphatic heterocycles. The van der Waals surface area contributed by atoms with Crippen molar-refractivity contribution in [1.29, 1.82) is 0 Å². The van der Waals surface area contributed by atoms with Crippen LogP contribution >= 0.6 is 35.7 Å². The third-order valence-corrected chi connectivity index (χ3v) is 5.63. The van der Waals surface area contributed by atoms with Crippen LogP contribution in [0.4, 0.5) is 8.78 Å². The second-order valence-corrected chi connectivity index (χ2v) is 7.25. The smallest absolute Gasteiger partial charge is 0.319 e. The Morgan fingerprint density at radius 3 is 2.85 bits per heavy atom. The SMILES string of the molecule is CN=C(NCc1nccn1C(F)F)N1CCC(CSc2ccccc2)C1.I. The summed E-state index contributed by atoms with van der Waals surface area (Å²) in [5, 5.41) is 3.16. The molecule has 2 heterocycles. The second-order valence-electron chi connectivity index (χ2n) is 6.15. The van der Waals surface area contributed by atoms with Gasteiger partial charge in [0.25, 0.3) is 0 Å². The lowest BCUT2D eigenvalue weighted by Gasteiger charge is -2.21. The maximum Gasteiger partial charge on any atom is 0.319 e. The van der Waals surface area contributed by atoms with E-state index in [0.717, 1.165) is 35.8 Å². The van der Waals surface area contributed by atoms with Crippen molar-refractivity contribution in [2.45, 2.75) is 24.4 Å². The number of likely N-dealkylation sites (tertiary alicyclic amines) is 1. The van der Waals surface area contributed by atoms with Crippen LogP contribution in [0.2, 0.25) is 0 Å². The zero-order chi connectivity index (χ0) is 18.4. The van der Waals surface area contributed by atoms with Crippen molar-refractivity contribution in [3.63, 3.8) is 0 Å². The van der Waals surface area contributed by atoms with E-state index in [1.807, 2.05) is 17.8 Å². The molecule has 0 aliphatic carbocycles. The lowest BCUT2D eigenvalue weighted by molar-refractivity contribution is 0.0668. The Labute approximate surface area is 179 Å². The number of imidazole rings is 1. The van der Waals surface area contributed by atoms with Gasteiger partial charge in [0.2, 0.25) is 0 Å². The number of benzene rings is 1. The molecule has 1 fully saturated rings. The average molecular weight is 507 g/mol. The summed E-state index contributed by atoms with van der Waals surface area (Å²) in [5.74, 6) is 2.69. The van der Waals surface area contributed by atoms with Crippen molar-refractivity contribution >= 4 is 41.7 Å². The number of aliphatic imine (C=N–C) groups is 1. The molecule has 0 amide bonds. The molecule has 0 radical (unpaired) electrons. The van der Waals surface area contributed by atoms with Crippen molar-refractivity contribution in [3.05, 3.63) is 48.5 Å². The van der Waals surface area contributed by atoms with E-state index >= 15 is 0 Å². The molecule has 1 saturated heterocycles. The molecule has 2 aromatic rings. The fourth-order valence-corrected chi connectivity index (χ4v) is 4.09. The first kappa shape index (κ1) is 21.9. The Morgan fingerprint density at radius 2 is 2.15 bits per heavy atom. The molecule has 148 valence electrons. The van der Waals surface area contributed by atoms with Gasteiger partial charge >= 0.3 is 6.55 Å². The van der Waals surface area contributed by atoms with E-state index in [1.165, 1.54) is 17.3 Å². The maximum absolute atomic E-state index is 12.9. The van der Waals surface area contributed by atoms with Gasteiger partial charge in [0, 0.05) is 43.2 Å². The lowest BCUT2D eigenvalue weighted by Crippen LogP contribution is -2.40. The highest BCUT2D eigenvalue weighted by Crippen LogP contribution is 2.25. The molecule has 27 heavy (non-hydrogen) atoms. The number of alkyl halides is 2. The summed E-state index contributed by atoms with van der Waals surface area (Å²) in [6.45, 7) is -0.516. The van der Waals surface area contributed by atoms with Gasteiger partial charge in [-0.05, 0) is 24.5 Å². The molecular formula is C18H24F2IN5S. The number of nitrogens with one attached hydrogen (secondary N) is 1. The number of halogens is 3. The molecule has 0 bridgehead atoms. The number of hydrogen-bond donors (Lipinski definition) is 1. The third kappa shape index (κ3) is 6.06. The summed E-state index contributed by atoms with van der Waals surface area (Å²) in [6.07, 6.45) is 3.78. The van der Waals surface area contributed by atoms with Gasteiger partial charge in [0.1, 0.15) is 5.82 Å². The number of guanidine groups is 1. The Morgan fingerprint density at radius 1 is 1.37 bits per heavy atom. The molecule has 1 aliphatic rings. The largest absolute Gasteiger partial charge is 0.349 e. The summed E-state index contributed by atoms with van der Waals surface area (Å²) >= 11 is 1.87. The van der Waals surface area contributed by atoms with E-state index in [1.54, 1.807) is 7.05 Å². The fourth-order valence-electron chi connectivity index (χ4n) is 3.04. The minimum Gasteiger partial charge on any atom is -0.349 e. The predicted molar refractivity (Wildman–Crippen MR) is 116 cm³/mol. The van der Waals surface area contributed by atoms with Gasteiger partial charge in [-0.2, -0.15) is 8.78 Å². The van der Waals surface area contributed by atoms with Crippen LogP contribution in [0.1, 0.15) is 18.8 Å². The van der Waals surface area contributed by atoms with E-state index in [0.29, 0.717) is 11.7 Å². The molecule has 3 rings (SSSR count). The summed E-state index contributed by atoms with van der Waals surface area (Å²) in [5.41, 5.74) is 0. The molecule has 5 nitrogen and oxygen atoms in total. The third-order valence-electron chi connectivity index (χ3n) is 4.39. The number of aromatic nitrogens is 2. The fraction of sp³-hybridized carbons (Fsp3) is 0.444. The van der Waals surface area contributed by atoms with Gasteiger partial charge in [-0.3, -0.25) is 9.56 Å². The Hall–Kier alpha value is -1.36. The summed E-state index contributed by atoms with van der Waals surface area (Å²) in [6, 6.07) is 10.4. The van der Waals surface area contributed by atoms with Crippen molar-refractivity contribution < 1.29 is 8.78 Å². The maximum atomic E-state index is 12.9. The Balaban J connectivity index is 0.00000261. The van der Waals surface area contributed by atoms with Gasteiger partial charge in [-0.15, -0.1) is 35.7 Å². The number of thioether (sulfide) groups is 1. The Bertz CT molecular complexity index is 726. The zero-order valence-electron chi connectivity index (χ0n) is 15.1. The zero-order valence-corrected chi connectivity index (χ0v) is 18.2. The molecule has 1 atom stereocenters. The second kappa shape index (κ2) is 10.8. The highest BCUT2D eigenvalue weighted by molar-refractivity contribution is 14.0. The monoisotopic (exact) mass is 507 g/mol. The number of nitrogens with zero attached hydrogens (tertiary/aromatic N) is 4. The van der Waals surface area contributed by atoms with Crippen LogP contribution in [0.15, 0.2) is 52.6 Å². The van der Waals surface area contributed by atoms with E-state index in [4.69, 9.17) is 0 Å². The highest BCUT2D eigenvalue weighted by Gasteiger charge is 2.25. The summed E-state index contributed by atoms with van der Waals surface area (Å²) in [4.78, 5) is 11.8. The quantitative estimate of drug-likeness (QED) is 0.277. The minimum absolute atomic E-state index is 0. The molecule has 0 saturated carbocycles. The molecule has 1 unspecified atom stereocenters. The van der Waals surface area contributed by atoms with Crippen molar-refractivity contribution in [3.8, 4) is 0 Å². The normalized spacial score (nSPS) is 17.3. The van der Waals surface area contributed by atoms with E-state index in [9.17, 15) is 8.78 Å². The van der Waals surface area contributed by atoms with Crippen molar-refractivity contribution in [2.24, 2.45) is 10.9 Å². The van der Waals surface area contributed by atoms with Crippen LogP contribution < -0.4 is 5.32 Å². The van der Waals surface area contributed by atoms with E-state index in [-0.39, 0.29) is 30.5 Å². The van der Waals surface area contributed by atoms with Crippen molar-refractivity contribution in [2.75, 3.05) is 25.9 Å². The average Bonchev–Trinajstić information content (AvgIpc) is 3.31. The van der Waals surface area contributed by atoms with Gasteiger partial charge in [-0.1, -0.05) is 18.2 Å². The van der Waals surface area contributed by atoms with Gasteiger partial charge in [-0.25, -0.2) is 4.98 Å². The first-order valence-electron chi connectivity index (χ1n) is 8.60.